The molecule has 1 aromatic carbocycles. The van der Waals surface area contributed by atoms with E-state index in [9.17, 15) is 14.7 Å². The molecule has 1 aliphatic heterocycles. The Morgan fingerprint density at radius 1 is 1.20 bits per heavy atom. The van der Waals surface area contributed by atoms with Crippen molar-refractivity contribution in [2.45, 2.75) is 58.8 Å². The minimum atomic E-state index is -0.390. The summed E-state index contributed by atoms with van der Waals surface area (Å²) in [6.07, 6.45) is 7.80. The molecule has 2 amide bonds. The van der Waals surface area contributed by atoms with Crippen molar-refractivity contribution in [3.63, 3.8) is 0 Å². The van der Waals surface area contributed by atoms with Crippen LogP contribution in [0.4, 0.5) is 5.69 Å². The molecule has 0 unspecified atom stereocenters. The molecule has 0 aromatic heterocycles. The van der Waals surface area contributed by atoms with E-state index in [-0.39, 0.29) is 23.5 Å². The lowest BCUT2D eigenvalue weighted by atomic mass is 9.78. The highest BCUT2D eigenvalue weighted by atomic mass is 16.3. The first-order valence-corrected chi connectivity index (χ1v) is 9.42. The summed E-state index contributed by atoms with van der Waals surface area (Å²) in [7, 11) is 0. The van der Waals surface area contributed by atoms with Gasteiger partial charge >= 0.3 is 0 Å². The van der Waals surface area contributed by atoms with E-state index < -0.39 is 0 Å². The molecular formula is C21H27NO3. The highest BCUT2D eigenvalue weighted by molar-refractivity contribution is 6.39. The second-order valence-electron chi connectivity index (χ2n) is 7.30. The summed E-state index contributed by atoms with van der Waals surface area (Å²) in [6, 6.07) is 7.22. The van der Waals surface area contributed by atoms with Crippen LogP contribution in [0.3, 0.4) is 0 Å². The smallest absolute Gasteiger partial charge is 0.269 e. The van der Waals surface area contributed by atoms with Gasteiger partial charge in [0.2, 0.25) is 5.91 Å². The number of hydrogen-bond acceptors (Lipinski definition) is 3. The SMILES string of the molecule is CCCCC1CCC(C(O)=C2C(=O)N(C(C)=O)c3ccccc32)CC1. The van der Waals surface area contributed by atoms with Crippen LogP contribution in [0.5, 0.6) is 0 Å². The highest BCUT2D eigenvalue weighted by Gasteiger charge is 2.39. The van der Waals surface area contributed by atoms with Crippen molar-refractivity contribution in [1.82, 2.24) is 0 Å². The summed E-state index contributed by atoms with van der Waals surface area (Å²) in [6.45, 7) is 3.60. The minimum Gasteiger partial charge on any atom is -0.511 e. The fourth-order valence-corrected chi connectivity index (χ4v) is 4.20. The van der Waals surface area contributed by atoms with E-state index in [1.165, 1.54) is 31.1 Å². The maximum atomic E-state index is 12.8. The van der Waals surface area contributed by atoms with Gasteiger partial charge in [0.25, 0.3) is 5.91 Å². The second-order valence-corrected chi connectivity index (χ2v) is 7.30. The number of carbonyl (C=O) groups excluding carboxylic acids is 2. The van der Waals surface area contributed by atoms with E-state index in [4.69, 9.17) is 0 Å². The first-order valence-electron chi connectivity index (χ1n) is 9.42. The number of amides is 2. The predicted molar refractivity (Wildman–Crippen MR) is 99.1 cm³/mol. The van der Waals surface area contributed by atoms with Crippen molar-refractivity contribution in [3.05, 3.63) is 35.6 Å². The van der Waals surface area contributed by atoms with Gasteiger partial charge in [0.1, 0.15) is 5.76 Å². The Labute approximate surface area is 149 Å². The summed E-state index contributed by atoms with van der Waals surface area (Å²) < 4.78 is 0. The number of para-hydroxylation sites is 1. The number of benzene rings is 1. The maximum absolute atomic E-state index is 12.8. The third kappa shape index (κ3) is 3.35. The molecule has 0 spiro atoms. The highest BCUT2D eigenvalue weighted by Crippen LogP contribution is 2.42. The van der Waals surface area contributed by atoms with Gasteiger partial charge in [-0.15, -0.1) is 0 Å². The van der Waals surface area contributed by atoms with Gasteiger partial charge in [-0.1, -0.05) is 44.4 Å². The average Bonchev–Trinajstić information content (AvgIpc) is 2.91. The summed E-state index contributed by atoms with van der Waals surface area (Å²) in [5.74, 6) is 0.240. The van der Waals surface area contributed by atoms with Crippen molar-refractivity contribution in [3.8, 4) is 0 Å². The summed E-state index contributed by atoms with van der Waals surface area (Å²) in [5.41, 5.74) is 1.58. The zero-order valence-corrected chi connectivity index (χ0v) is 15.1. The summed E-state index contributed by atoms with van der Waals surface area (Å²) in [5, 5.41) is 10.9. The fraction of sp³-hybridized carbons (Fsp3) is 0.524. The predicted octanol–water partition coefficient (Wildman–Crippen LogP) is 4.85. The van der Waals surface area contributed by atoms with Crippen molar-refractivity contribution in [2.75, 3.05) is 4.90 Å². The van der Waals surface area contributed by atoms with Gasteiger partial charge < -0.3 is 5.11 Å². The van der Waals surface area contributed by atoms with Crippen LogP contribution in [-0.2, 0) is 9.59 Å². The number of anilines is 1. The second kappa shape index (κ2) is 7.42. The van der Waals surface area contributed by atoms with Crippen LogP contribution < -0.4 is 4.90 Å². The van der Waals surface area contributed by atoms with Crippen LogP contribution in [0.1, 0.15) is 64.4 Å². The van der Waals surface area contributed by atoms with Crippen molar-refractivity contribution < 1.29 is 14.7 Å². The molecule has 0 atom stereocenters. The number of aliphatic hydroxyl groups excluding tert-OH is 1. The van der Waals surface area contributed by atoms with E-state index in [0.29, 0.717) is 16.8 Å². The molecule has 1 N–H and O–H groups in total. The van der Waals surface area contributed by atoms with Crippen molar-refractivity contribution in [1.29, 1.82) is 0 Å². The maximum Gasteiger partial charge on any atom is 0.269 e. The molecule has 2 aliphatic rings. The van der Waals surface area contributed by atoms with E-state index in [1.807, 2.05) is 12.1 Å². The Balaban J connectivity index is 1.85. The molecule has 0 radical (unpaired) electrons. The standard InChI is InChI=1S/C21H27NO3/c1-3-4-7-15-10-12-16(13-11-15)20(24)19-17-8-5-6-9-18(17)22(14(2)23)21(19)25/h5-6,8-9,15-16,24H,3-4,7,10-13H2,1-2H3. The Hall–Kier alpha value is -2.10. The molecule has 4 nitrogen and oxygen atoms in total. The molecule has 1 aromatic rings. The lowest BCUT2D eigenvalue weighted by Gasteiger charge is -2.28. The van der Waals surface area contributed by atoms with Crippen LogP contribution in [0.15, 0.2) is 30.0 Å². The Morgan fingerprint density at radius 3 is 2.52 bits per heavy atom. The van der Waals surface area contributed by atoms with Crippen molar-refractivity contribution in [2.24, 2.45) is 11.8 Å². The van der Waals surface area contributed by atoms with Gasteiger partial charge in [0, 0.05) is 18.4 Å². The molecule has 134 valence electrons. The Bertz CT molecular complexity index is 699. The molecule has 4 heteroatoms. The zero-order valence-electron chi connectivity index (χ0n) is 15.1. The number of unbranched alkanes of at least 4 members (excludes halogenated alkanes) is 1. The quantitative estimate of drug-likeness (QED) is 0.629. The largest absolute Gasteiger partial charge is 0.511 e. The molecular weight excluding hydrogens is 314 g/mol. The fourth-order valence-electron chi connectivity index (χ4n) is 4.20. The zero-order chi connectivity index (χ0) is 18.0. The van der Waals surface area contributed by atoms with Gasteiger partial charge in [0.15, 0.2) is 0 Å². The number of nitrogens with zero attached hydrogens (tertiary/aromatic N) is 1. The molecule has 1 saturated carbocycles. The first-order chi connectivity index (χ1) is 12.0. The third-order valence-corrected chi connectivity index (χ3v) is 5.60. The molecule has 25 heavy (non-hydrogen) atoms. The van der Waals surface area contributed by atoms with E-state index in [1.54, 1.807) is 12.1 Å². The third-order valence-electron chi connectivity index (χ3n) is 5.60. The van der Waals surface area contributed by atoms with E-state index in [2.05, 4.69) is 6.92 Å². The monoisotopic (exact) mass is 341 g/mol. The summed E-state index contributed by atoms with van der Waals surface area (Å²) >= 11 is 0. The van der Waals surface area contributed by atoms with Gasteiger partial charge in [-0.3, -0.25) is 9.59 Å². The number of aliphatic hydroxyl groups is 1. The topological polar surface area (TPSA) is 57.6 Å². The number of rotatable bonds is 4. The van der Waals surface area contributed by atoms with E-state index >= 15 is 0 Å². The van der Waals surface area contributed by atoms with Gasteiger partial charge in [0.05, 0.1) is 11.3 Å². The molecule has 1 fully saturated rings. The van der Waals surface area contributed by atoms with Gasteiger partial charge in [-0.25, -0.2) is 4.90 Å². The molecule has 1 heterocycles. The van der Waals surface area contributed by atoms with E-state index in [0.717, 1.165) is 31.6 Å². The molecule has 0 saturated heterocycles. The normalized spacial score (nSPS) is 25.0. The van der Waals surface area contributed by atoms with Crippen LogP contribution in [0.2, 0.25) is 0 Å². The Morgan fingerprint density at radius 2 is 1.88 bits per heavy atom. The molecule has 3 rings (SSSR count). The van der Waals surface area contributed by atoms with Crippen LogP contribution >= 0.6 is 0 Å². The minimum absolute atomic E-state index is 0.0248. The van der Waals surface area contributed by atoms with Gasteiger partial charge in [-0.05, 0) is 37.7 Å². The number of allylic oxidation sites excluding steroid dienone is 1. The number of carbonyl (C=O) groups is 2. The average molecular weight is 341 g/mol. The number of fused-ring (bicyclic) bond motifs is 1. The van der Waals surface area contributed by atoms with Crippen LogP contribution in [0.25, 0.3) is 5.57 Å². The van der Waals surface area contributed by atoms with Gasteiger partial charge in [-0.2, -0.15) is 0 Å². The molecule has 1 aliphatic carbocycles. The van der Waals surface area contributed by atoms with Crippen LogP contribution in [0, 0.1) is 11.8 Å². The first kappa shape index (κ1) is 17.7. The number of hydrogen-bond donors (Lipinski definition) is 1. The molecule has 0 bridgehead atoms. The summed E-state index contributed by atoms with van der Waals surface area (Å²) in [4.78, 5) is 25.9. The lowest BCUT2D eigenvalue weighted by Crippen LogP contribution is -2.31. The Kier molecular flexibility index (Phi) is 5.26. The number of imide groups is 1. The van der Waals surface area contributed by atoms with Crippen molar-refractivity contribution >= 4 is 23.1 Å². The van der Waals surface area contributed by atoms with Crippen LogP contribution in [-0.4, -0.2) is 16.9 Å². The lowest BCUT2D eigenvalue weighted by molar-refractivity contribution is -0.122.